The molecular weight excluding hydrogens is 240 g/mol. The van der Waals surface area contributed by atoms with Crippen LogP contribution in [0.1, 0.15) is 16.1 Å². The number of H-pyrrole nitrogens is 1. The standard InChI is InChI=1S/C11H11ClN4O/c12-10-3-7(1-2-9(10)11(13)17)15-5-8-4-14-6-16-8/h1-4,6,15H,5H2,(H2,13,17)(H,14,16). The van der Waals surface area contributed by atoms with Crippen molar-refractivity contribution in [2.24, 2.45) is 5.73 Å². The number of nitrogens with zero attached hydrogens (tertiary/aromatic N) is 1. The minimum Gasteiger partial charge on any atom is -0.379 e. The lowest BCUT2D eigenvalue weighted by Gasteiger charge is -2.07. The van der Waals surface area contributed by atoms with Crippen molar-refractivity contribution in [3.8, 4) is 0 Å². The summed E-state index contributed by atoms with van der Waals surface area (Å²) in [6.07, 6.45) is 3.34. The molecule has 17 heavy (non-hydrogen) atoms. The topological polar surface area (TPSA) is 83.8 Å². The second-order valence-electron chi connectivity index (χ2n) is 3.49. The number of nitrogens with two attached hydrogens (primary N) is 1. The Morgan fingerprint density at radius 1 is 1.53 bits per heavy atom. The van der Waals surface area contributed by atoms with Crippen LogP contribution in [0, 0.1) is 0 Å². The molecule has 0 atom stereocenters. The maximum atomic E-state index is 11.0. The average molecular weight is 251 g/mol. The van der Waals surface area contributed by atoms with E-state index in [1.54, 1.807) is 30.7 Å². The van der Waals surface area contributed by atoms with Crippen molar-refractivity contribution >= 4 is 23.2 Å². The summed E-state index contributed by atoms with van der Waals surface area (Å²) in [7, 11) is 0. The molecule has 0 fully saturated rings. The van der Waals surface area contributed by atoms with Crippen molar-refractivity contribution in [2.45, 2.75) is 6.54 Å². The molecule has 4 N–H and O–H groups in total. The van der Waals surface area contributed by atoms with Gasteiger partial charge >= 0.3 is 0 Å². The molecular formula is C11H11ClN4O. The van der Waals surface area contributed by atoms with E-state index >= 15 is 0 Å². The number of primary amides is 1. The van der Waals surface area contributed by atoms with Gasteiger partial charge in [-0.05, 0) is 18.2 Å². The number of carbonyl (C=O) groups excluding carboxylic acids is 1. The first-order valence-electron chi connectivity index (χ1n) is 4.97. The fourth-order valence-electron chi connectivity index (χ4n) is 1.40. The van der Waals surface area contributed by atoms with Crippen LogP contribution in [0.2, 0.25) is 5.02 Å². The highest BCUT2D eigenvalue weighted by Crippen LogP contribution is 2.20. The van der Waals surface area contributed by atoms with E-state index in [4.69, 9.17) is 17.3 Å². The first kappa shape index (κ1) is 11.5. The normalized spacial score (nSPS) is 10.2. The van der Waals surface area contributed by atoms with E-state index in [1.807, 2.05) is 0 Å². The molecule has 2 rings (SSSR count). The van der Waals surface area contributed by atoms with Crippen molar-refractivity contribution in [2.75, 3.05) is 5.32 Å². The Morgan fingerprint density at radius 2 is 2.35 bits per heavy atom. The van der Waals surface area contributed by atoms with Crippen LogP contribution in [0.15, 0.2) is 30.7 Å². The third kappa shape index (κ3) is 2.76. The quantitative estimate of drug-likeness (QED) is 0.773. The highest BCUT2D eigenvalue weighted by molar-refractivity contribution is 6.34. The number of halogens is 1. The van der Waals surface area contributed by atoms with Crippen LogP contribution in [0.5, 0.6) is 0 Å². The maximum absolute atomic E-state index is 11.0. The van der Waals surface area contributed by atoms with Gasteiger partial charge in [0.15, 0.2) is 0 Å². The van der Waals surface area contributed by atoms with Crippen molar-refractivity contribution in [3.05, 3.63) is 47.0 Å². The molecule has 0 saturated heterocycles. The van der Waals surface area contributed by atoms with Gasteiger partial charge in [-0.25, -0.2) is 4.98 Å². The van der Waals surface area contributed by atoms with E-state index in [-0.39, 0.29) is 0 Å². The lowest BCUT2D eigenvalue weighted by Crippen LogP contribution is -2.11. The number of benzene rings is 1. The molecule has 0 bridgehead atoms. The number of anilines is 1. The molecule has 0 saturated carbocycles. The number of aromatic amines is 1. The van der Waals surface area contributed by atoms with Crippen LogP contribution < -0.4 is 11.1 Å². The summed E-state index contributed by atoms with van der Waals surface area (Å²) < 4.78 is 0. The molecule has 1 heterocycles. The van der Waals surface area contributed by atoms with E-state index in [1.165, 1.54) is 0 Å². The summed E-state index contributed by atoms with van der Waals surface area (Å²) in [6.45, 7) is 0.603. The summed E-state index contributed by atoms with van der Waals surface area (Å²) in [5.74, 6) is -0.532. The molecule has 0 unspecified atom stereocenters. The van der Waals surface area contributed by atoms with Crippen molar-refractivity contribution in [1.82, 2.24) is 9.97 Å². The smallest absolute Gasteiger partial charge is 0.250 e. The average Bonchev–Trinajstić information content (AvgIpc) is 2.78. The van der Waals surface area contributed by atoms with E-state index in [2.05, 4.69) is 15.3 Å². The van der Waals surface area contributed by atoms with Gasteiger partial charge in [-0.2, -0.15) is 0 Å². The first-order chi connectivity index (χ1) is 8.16. The van der Waals surface area contributed by atoms with Crippen LogP contribution in [-0.2, 0) is 6.54 Å². The molecule has 2 aromatic rings. The number of aromatic nitrogens is 2. The van der Waals surface area contributed by atoms with Gasteiger partial charge in [-0.3, -0.25) is 4.79 Å². The molecule has 6 heteroatoms. The van der Waals surface area contributed by atoms with Crippen LogP contribution in [0.3, 0.4) is 0 Å². The molecule has 0 radical (unpaired) electrons. The Bertz CT molecular complexity index is 524. The zero-order valence-electron chi connectivity index (χ0n) is 8.90. The largest absolute Gasteiger partial charge is 0.379 e. The van der Waals surface area contributed by atoms with Gasteiger partial charge < -0.3 is 16.0 Å². The highest BCUT2D eigenvalue weighted by atomic mass is 35.5. The monoisotopic (exact) mass is 250 g/mol. The Kier molecular flexibility index (Phi) is 3.30. The summed E-state index contributed by atoms with van der Waals surface area (Å²) in [4.78, 5) is 17.9. The highest BCUT2D eigenvalue weighted by Gasteiger charge is 2.06. The van der Waals surface area contributed by atoms with Crippen LogP contribution in [-0.4, -0.2) is 15.9 Å². The molecule has 1 aromatic carbocycles. The predicted octanol–water partition coefficient (Wildman–Crippen LogP) is 1.77. The van der Waals surface area contributed by atoms with Gasteiger partial charge in [0.2, 0.25) is 5.91 Å². The third-order valence-electron chi connectivity index (χ3n) is 2.27. The van der Waals surface area contributed by atoms with E-state index in [0.29, 0.717) is 17.1 Å². The minimum absolute atomic E-state index is 0.318. The number of nitrogens with one attached hydrogen (secondary N) is 2. The second kappa shape index (κ2) is 4.88. The number of imidazole rings is 1. The Labute approximate surface area is 103 Å². The van der Waals surface area contributed by atoms with E-state index in [0.717, 1.165) is 11.4 Å². The lowest BCUT2D eigenvalue weighted by molar-refractivity contribution is 0.100. The Balaban J connectivity index is 2.07. The predicted molar refractivity (Wildman–Crippen MR) is 65.9 cm³/mol. The molecule has 0 aliphatic rings. The molecule has 1 amide bonds. The maximum Gasteiger partial charge on any atom is 0.250 e. The van der Waals surface area contributed by atoms with Gasteiger partial charge in [0.1, 0.15) is 0 Å². The van der Waals surface area contributed by atoms with Crippen molar-refractivity contribution < 1.29 is 4.79 Å². The van der Waals surface area contributed by atoms with Gasteiger partial charge in [-0.15, -0.1) is 0 Å². The molecule has 0 aliphatic carbocycles. The molecule has 5 nitrogen and oxygen atoms in total. The SMILES string of the molecule is NC(=O)c1ccc(NCc2cnc[nH]2)cc1Cl. The third-order valence-corrected chi connectivity index (χ3v) is 2.59. The zero-order chi connectivity index (χ0) is 12.3. The van der Waals surface area contributed by atoms with E-state index in [9.17, 15) is 4.79 Å². The van der Waals surface area contributed by atoms with Gasteiger partial charge in [0.25, 0.3) is 0 Å². The minimum atomic E-state index is -0.532. The van der Waals surface area contributed by atoms with Gasteiger partial charge in [-0.1, -0.05) is 11.6 Å². The zero-order valence-corrected chi connectivity index (χ0v) is 9.66. The summed E-state index contributed by atoms with van der Waals surface area (Å²) in [5.41, 5.74) is 7.25. The van der Waals surface area contributed by atoms with Crippen LogP contribution in [0.4, 0.5) is 5.69 Å². The molecule has 0 spiro atoms. The fraction of sp³-hybridized carbons (Fsp3) is 0.0909. The van der Waals surface area contributed by atoms with Crippen molar-refractivity contribution in [3.63, 3.8) is 0 Å². The number of carbonyl (C=O) groups is 1. The van der Waals surface area contributed by atoms with Gasteiger partial charge in [0.05, 0.1) is 29.2 Å². The Hall–Kier alpha value is -2.01. The van der Waals surface area contributed by atoms with Gasteiger partial charge in [0, 0.05) is 11.9 Å². The Morgan fingerprint density at radius 3 is 2.94 bits per heavy atom. The first-order valence-corrected chi connectivity index (χ1v) is 5.35. The lowest BCUT2D eigenvalue weighted by atomic mass is 10.2. The summed E-state index contributed by atoms with van der Waals surface area (Å²) in [5, 5.41) is 3.49. The summed E-state index contributed by atoms with van der Waals surface area (Å²) >= 11 is 5.92. The molecule has 0 aliphatic heterocycles. The van der Waals surface area contributed by atoms with Crippen molar-refractivity contribution in [1.29, 1.82) is 0 Å². The van der Waals surface area contributed by atoms with Crippen LogP contribution >= 0.6 is 11.6 Å². The van der Waals surface area contributed by atoms with E-state index < -0.39 is 5.91 Å². The second-order valence-corrected chi connectivity index (χ2v) is 3.90. The van der Waals surface area contributed by atoms with Crippen LogP contribution in [0.25, 0.3) is 0 Å². The number of rotatable bonds is 4. The fourth-order valence-corrected chi connectivity index (χ4v) is 1.68. The number of hydrogen-bond donors (Lipinski definition) is 3. The number of hydrogen-bond acceptors (Lipinski definition) is 3. The molecule has 88 valence electrons. The summed E-state index contributed by atoms with van der Waals surface area (Å²) in [6, 6.07) is 5.01. The molecule has 1 aromatic heterocycles. The number of amides is 1.